The predicted molar refractivity (Wildman–Crippen MR) is 104 cm³/mol. The van der Waals surface area contributed by atoms with E-state index in [-0.39, 0.29) is 5.56 Å². The summed E-state index contributed by atoms with van der Waals surface area (Å²) in [6.07, 6.45) is 0. The van der Waals surface area contributed by atoms with Gasteiger partial charge in [0.15, 0.2) is 0 Å². The minimum atomic E-state index is -0.947. The summed E-state index contributed by atoms with van der Waals surface area (Å²) in [5.74, 6) is -0.947. The molecule has 1 N–H and O–H groups in total. The molecule has 0 aromatic heterocycles. The molecule has 3 aromatic rings. The highest BCUT2D eigenvalue weighted by atomic mass is 16.4. The van der Waals surface area contributed by atoms with Gasteiger partial charge in [0.1, 0.15) is 0 Å². The number of carbonyl (C=O) groups is 1. The molecular weight excluding hydrogens is 324 g/mol. The van der Waals surface area contributed by atoms with Crippen LogP contribution in [-0.4, -0.2) is 23.3 Å². The van der Waals surface area contributed by atoms with Gasteiger partial charge in [-0.3, -0.25) is 0 Å². The lowest BCUT2D eigenvalue weighted by atomic mass is 10.0. The number of nitrogens with zero attached hydrogens (tertiary/aromatic N) is 2. The van der Waals surface area contributed by atoms with Crippen molar-refractivity contribution in [3.8, 4) is 0 Å². The lowest BCUT2D eigenvalue weighted by Gasteiger charge is -2.31. The standard InChI is InChI=1S/C22H18N2O2/c1-15-7-9-16(10-8-15)20-14-24(18-5-3-2-4-6-18)21-12-11-17(22(25)26)13-19(21)23-20/h2-13H,14H2,1H3,(H,25,26). The largest absolute Gasteiger partial charge is 0.478 e. The smallest absolute Gasteiger partial charge is 0.335 e. The van der Waals surface area contributed by atoms with Gasteiger partial charge >= 0.3 is 5.97 Å². The molecule has 0 spiro atoms. The maximum Gasteiger partial charge on any atom is 0.335 e. The van der Waals surface area contributed by atoms with Crippen LogP contribution in [0.25, 0.3) is 0 Å². The van der Waals surface area contributed by atoms with Crippen molar-refractivity contribution in [3.05, 3.63) is 89.5 Å². The van der Waals surface area contributed by atoms with Crippen molar-refractivity contribution >= 4 is 28.7 Å². The van der Waals surface area contributed by atoms with Crippen molar-refractivity contribution in [1.29, 1.82) is 0 Å². The highest BCUT2D eigenvalue weighted by Crippen LogP contribution is 2.38. The van der Waals surface area contributed by atoms with E-state index >= 15 is 0 Å². The molecule has 0 fully saturated rings. The Balaban J connectivity index is 1.86. The normalized spacial score (nSPS) is 13.1. The van der Waals surface area contributed by atoms with Crippen molar-refractivity contribution in [2.75, 3.05) is 11.4 Å². The highest BCUT2D eigenvalue weighted by Gasteiger charge is 2.22. The fourth-order valence-corrected chi connectivity index (χ4v) is 3.13. The summed E-state index contributed by atoms with van der Waals surface area (Å²) < 4.78 is 0. The summed E-state index contributed by atoms with van der Waals surface area (Å²) in [4.78, 5) is 18.3. The van der Waals surface area contributed by atoms with Gasteiger partial charge in [0, 0.05) is 5.69 Å². The SMILES string of the molecule is Cc1ccc(C2=Nc3cc(C(=O)O)ccc3N(c3ccccc3)C2)cc1. The Morgan fingerprint density at radius 1 is 1.00 bits per heavy atom. The number of aliphatic imine (C=N–C) groups is 1. The number of benzene rings is 3. The van der Waals surface area contributed by atoms with E-state index in [4.69, 9.17) is 4.99 Å². The van der Waals surface area contributed by atoms with E-state index in [0.717, 1.165) is 22.6 Å². The van der Waals surface area contributed by atoms with Gasteiger partial charge in [0.2, 0.25) is 0 Å². The molecule has 0 radical (unpaired) electrons. The third-order valence-electron chi connectivity index (χ3n) is 4.53. The van der Waals surface area contributed by atoms with Gasteiger partial charge < -0.3 is 10.0 Å². The molecule has 0 bridgehead atoms. The second-order valence-electron chi connectivity index (χ2n) is 6.35. The average molecular weight is 342 g/mol. The summed E-state index contributed by atoms with van der Waals surface area (Å²) in [6, 6.07) is 23.4. The van der Waals surface area contributed by atoms with Crippen LogP contribution in [0.3, 0.4) is 0 Å². The molecule has 3 aromatic carbocycles. The topological polar surface area (TPSA) is 52.9 Å². The summed E-state index contributed by atoms with van der Waals surface area (Å²) in [7, 11) is 0. The minimum Gasteiger partial charge on any atom is -0.478 e. The lowest BCUT2D eigenvalue weighted by Crippen LogP contribution is -2.28. The fraction of sp³-hybridized carbons (Fsp3) is 0.0909. The Labute approximate surface area is 152 Å². The first-order valence-electron chi connectivity index (χ1n) is 8.46. The number of anilines is 2. The molecule has 0 saturated carbocycles. The van der Waals surface area contributed by atoms with E-state index in [1.807, 2.05) is 36.4 Å². The second-order valence-corrected chi connectivity index (χ2v) is 6.35. The molecule has 4 nitrogen and oxygen atoms in total. The summed E-state index contributed by atoms with van der Waals surface area (Å²) in [5, 5.41) is 9.32. The average Bonchev–Trinajstić information content (AvgIpc) is 2.68. The third kappa shape index (κ3) is 2.97. The molecule has 0 saturated heterocycles. The highest BCUT2D eigenvalue weighted by molar-refractivity contribution is 6.09. The molecule has 4 rings (SSSR count). The molecule has 26 heavy (non-hydrogen) atoms. The summed E-state index contributed by atoms with van der Waals surface area (Å²) in [6.45, 7) is 2.68. The molecule has 1 aliphatic heterocycles. The van der Waals surface area contributed by atoms with Crippen LogP contribution in [0.1, 0.15) is 21.5 Å². The van der Waals surface area contributed by atoms with Crippen LogP contribution in [0.2, 0.25) is 0 Å². The van der Waals surface area contributed by atoms with Gasteiger partial charge in [0.05, 0.1) is 29.2 Å². The van der Waals surface area contributed by atoms with Gasteiger partial charge in [-0.2, -0.15) is 0 Å². The molecule has 4 heteroatoms. The molecule has 1 heterocycles. The van der Waals surface area contributed by atoms with Crippen molar-refractivity contribution in [2.24, 2.45) is 4.99 Å². The summed E-state index contributed by atoms with van der Waals surface area (Å²) >= 11 is 0. The van der Waals surface area contributed by atoms with E-state index in [9.17, 15) is 9.90 Å². The Kier molecular flexibility index (Phi) is 4.01. The maximum absolute atomic E-state index is 11.4. The third-order valence-corrected chi connectivity index (χ3v) is 4.53. The van der Waals surface area contributed by atoms with E-state index in [2.05, 4.69) is 36.1 Å². The van der Waals surface area contributed by atoms with Crippen molar-refractivity contribution in [3.63, 3.8) is 0 Å². The number of carboxylic acids is 1. The lowest BCUT2D eigenvalue weighted by molar-refractivity contribution is 0.0697. The maximum atomic E-state index is 11.4. The van der Waals surface area contributed by atoms with E-state index in [1.165, 1.54) is 5.56 Å². The van der Waals surface area contributed by atoms with Crippen LogP contribution in [0, 0.1) is 6.92 Å². The van der Waals surface area contributed by atoms with E-state index in [0.29, 0.717) is 12.2 Å². The Morgan fingerprint density at radius 3 is 2.42 bits per heavy atom. The number of rotatable bonds is 3. The Morgan fingerprint density at radius 2 is 1.73 bits per heavy atom. The van der Waals surface area contributed by atoms with Crippen LogP contribution >= 0.6 is 0 Å². The molecule has 0 unspecified atom stereocenters. The summed E-state index contributed by atoms with van der Waals surface area (Å²) in [5.41, 5.74) is 6.04. The van der Waals surface area contributed by atoms with Crippen LogP contribution in [-0.2, 0) is 0 Å². The quantitative estimate of drug-likeness (QED) is 0.731. The Bertz CT molecular complexity index is 992. The zero-order valence-corrected chi connectivity index (χ0v) is 14.4. The molecule has 128 valence electrons. The fourth-order valence-electron chi connectivity index (χ4n) is 3.13. The van der Waals surface area contributed by atoms with E-state index < -0.39 is 5.97 Å². The van der Waals surface area contributed by atoms with Crippen LogP contribution in [0.15, 0.2) is 77.8 Å². The van der Waals surface area contributed by atoms with Crippen LogP contribution < -0.4 is 4.90 Å². The van der Waals surface area contributed by atoms with Crippen molar-refractivity contribution in [2.45, 2.75) is 6.92 Å². The molecule has 1 aliphatic rings. The van der Waals surface area contributed by atoms with Crippen molar-refractivity contribution < 1.29 is 9.90 Å². The number of para-hydroxylation sites is 1. The molecule has 0 aliphatic carbocycles. The van der Waals surface area contributed by atoms with E-state index in [1.54, 1.807) is 12.1 Å². The van der Waals surface area contributed by atoms with Gasteiger partial charge in [-0.05, 0) is 42.8 Å². The molecule has 0 atom stereocenters. The predicted octanol–water partition coefficient (Wildman–Crippen LogP) is 4.97. The molecular formula is C22H18N2O2. The zero-order valence-electron chi connectivity index (χ0n) is 14.4. The van der Waals surface area contributed by atoms with Crippen LogP contribution in [0.4, 0.5) is 17.1 Å². The number of fused-ring (bicyclic) bond motifs is 1. The first-order chi connectivity index (χ1) is 12.6. The van der Waals surface area contributed by atoms with Gasteiger partial charge in [-0.1, -0.05) is 48.0 Å². The minimum absolute atomic E-state index is 0.241. The van der Waals surface area contributed by atoms with Gasteiger partial charge in [-0.15, -0.1) is 0 Å². The first kappa shape index (κ1) is 16.1. The second kappa shape index (κ2) is 6.48. The number of carboxylic acid groups (broad SMARTS) is 1. The molecule has 0 amide bonds. The monoisotopic (exact) mass is 342 g/mol. The van der Waals surface area contributed by atoms with Crippen LogP contribution in [0.5, 0.6) is 0 Å². The number of aromatic carboxylic acids is 1. The van der Waals surface area contributed by atoms with Gasteiger partial charge in [-0.25, -0.2) is 9.79 Å². The number of hydrogen-bond donors (Lipinski definition) is 1. The van der Waals surface area contributed by atoms with Gasteiger partial charge in [0.25, 0.3) is 0 Å². The Hall–Kier alpha value is -3.40. The zero-order chi connectivity index (χ0) is 18.1. The first-order valence-corrected chi connectivity index (χ1v) is 8.46. The number of hydrogen-bond acceptors (Lipinski definition) is 3. The number of aryl methyl sites for hydroxylation is 1. The van der Waals surface area contributed by atoms with Crippen molar-refractivity contribution in [1.82, 2.24) is 0 Å².